The van der Waals surface area contributed by atoms with Gasteiger partial charge in [-0.25, -0.2) is 13.1 Å². The quantitative estimate of drug-likeness (QED) is 0.859. The zero-order chi connectivity index (χ0) is 15.8. The van der Waals surface area contributed by atoms with Crippen molar-refractivity contribution < 1.29 is 8.42 Å². The Morgan fingerprint density at radius 2 is 1.90 bits per heavy atom. The first-order valence-electron chi connectivity index (χ1n) is 6.29. The zero-order valence-electron chi connectivity index (χ0n) is 12.0. The molecule has 0 spiro atoms. The Hall–Kier alpha value is -1.38. The van der Waals surface area contributed by atoms with E-state index in [2.05, 4.69) is 25.8 Å². The molecule has 0 aliphatic rings. The number of hydrogen-bond acceptors (Lipinski definition) is 4. The number of halogens is 1. The minimum absolute atomic E-state index is 0.00510. The largest absolute Gasteiger partial charge is 0.381 e. The maximum atomic E-state index is 12.5. The van der Waals surface area contributed by atoms with Crippen molar-refractivity contribution in [1.82, 2.24) is 14.5 Å². The van der Waals surface area contributed by atoms with Gasteiger partial charge in [-0.3, -0.25) is 4.68 Å². The molecule has 0 unspecified atom stereocenters. The van der Waals surface area contributed by atoms with Gasteiger partial charge in [0.2, 0.25) is 10.0 Å². The molecule has 0 fully saturated rings. The molecule has 0 saturated carbocycles. The van der Waals surface area contributed by atoms with E-state index in [0.717, 1.165) is 10.0 Å². The van der Waals surface area contributed by atoms with Crippen molar-refractivity contribution in [3.63, 3.8) is 0 Å². The summed E-state index contributed by atoms with van der Waals surface area (Å²) in [5, 5.41) is 3.94. The summed E-state index contributed by atoms with van der Waals surface area (Å²) >= 11 is 3.35. The lowest BCUT2D eigenvalue weighted by Crippen LogP contribution is -2.27. The predicted molar refractivity (Wildman–Crippen MR) is 85.2 cm³/mol. The fourth-order valence-electron chi connectivity index (χ4n) is 2.06. The second kappa shape index (κ2) is 5.78. The summed E-state index contributed by atoms with van der Waals surface area (Å²) in [4.78, 5) is 0.0361. The van der Waals surface area contributed by atoms with Crippen LogP contribution in [0.5, 0.6) is 0 Å². The summed E-state index contributed by atoms with van der Waals surface area (Å²) < 4.78 is 30.0. The van der Waals surface area contributed by atoms with E-state index in [-0.39, 0.29) is 16.8 Å². The first kappa shape index (κ1) is 16.0. The SMILES string of the molecule is Cc1c(S(=O)(=O)N[C@H](C)c2ccc(Br)cc2)c(N)nn1C. The predicted octanol–water partition coefficient (Wildman–Crippen LogP) is 2.11. The highest BCUT2D eigenvalue weighted by molar-refractivity contribution is 9.10. The van der Waals surface area contributed by atoms with Crippen LogP contribution in [0.2, 0.25) is 0 Å². The lowest BCUT2D eigenvalue weighted by molar-refractivity contribution is 0.566. The van der Waals surface area contributed by atoms with Gasteiger partial charge in [-0.05, 0) is 31.5 Å². The number of anilines is 1. The number of nitrogens with one attached hydrogen (secondary N) is 1. The normalized spacial score (nSPS) is 13.3. The number of nitrogens with zero attached hydrogens (tertiary/aromatic N) is 2. The molecule has 1 atom stereocenters. The van der Waals surface area contributed by atoms with Gasteiger partial charge in [-0.1, -0.05) is 28.1 Å². The van der Waals surface area contributed by atoms with Gasteiger partial charge < -0.3 is 5.73 Å². The van der Waals surface area contributed by atoms with E-state index in [1.165, 1.54) is 4.68 Å². The smallest absolute Gasteiger partial charge is 0.246 e. The van der Waals surface area contributed by atoms with Gasteiger partial charge in [0.05, 0.1) is 5.69 Å². The molecule has 1 aromatic heterocycles. The number of sulfonamides is 1. The third-order valence-electron chi connectivity index (χ3n) is 3.28. The lowest BCUT2D eigenvalue weighted by atomic mass is 10.1. The molecule has 0 aliphatic heterocycles. The summed E-state index contributed by atoms with van der Waals surface area (Å²) in [5.74, 6) is 0.00510. The molecule has 0 radical (unpaired) electrons. The van der Waals surface area contributed by atoms with Crippen LogP contribution in [0.1, 0.15) is 24.2 Å². The van der Waals surface area contributed by atoms with Crippen LogP contribution in [-0.2, 0) is 17.1 Å². The van der Waals surface area contributed by atoms with Crippen LogP contribution in [0, 0.1) is 6.92 Å². The van der Waals surface area contributed by atoms with Crippen molar-refractivity contribution in [2.75, 3.05) is 5.73 Å². The maximum Gasteiger partial charge on any atom is 0.246 e. The van der Waals surface area contributed by atoms with Gasteiger partial charge in [0.1, 0.15) is 4.90 Å². The van der Waals surface area contributed by atoms with E-state index in [1.807, 2.05) is 24.3 Å². The highest BCUT2D eigenvalue weighted by Gasteiger charge is 2.26. The van der Waals surface area contributed by atoms with Crippen molar-refractivity contribution in [3.8, 4) is 0 Å². The van der Waals surface area contributed by atoms with Crippen molar-refractivity contribution >= 4 is 31.8 Å². The topological polar surface area (TPSA) is 90.0 Å². The lowest BCUT2D eigenvalue weighted by Gasteiger charge is -2.15. The average Bonchev–Trinajstić information content (AvgIpc) is 2.63. The molecule has 1 aromatic carbocycles. The third kappa shape index (κ3) is 3.28. The van der Waals surface area contributed by atoms with E-state index in [9.17, 15) is 8.42 Å². The number of nitrogen functional groups attached to an aromatic ring is 1. The molecule has 3 N–H and O–H groups in total. The molecule has 0 aliphatic carbocycles. The fraction of sp³-hybridized carbons (Fsp3) is 0.308. The molecule has 0 saturated heterocycles. The minimum atomic E-state index is -3.73. The molecule has 8 heteroatoms. The average molecular weight is 373 g/mol. The molecular weight excluding hydrogens is 356 g/mol. The summed E-state index contributed by atoms with van der Waals surface area (Å²) in [6.45, 7) is 3.45. The minimum Gasteiger partial charge on any atom is -0.381 e. The van der Waals surface area contributed by atoms with Gasteiger partial charge in [0, 0.05) is 17.6 Å². The number of nitrogens with two attached hydrogens (primary N) is 1. The van der Waals surface area contributed by atoms with Gasteiger partial charge in [-0.15, -0.1) is 0 Å². The first-order valence-corrected chi connectivity index (χ1v) is 8.57. The number of rotatable bonds is 4. The van der Waals surface area contributed by atoms with Crippen LogP contribution < -0.4 is 10.5 Å². The molecule has 6 nitrogen and oxygen atoms in total. The summed E-state index contributed by atoms with van der Waals surface area (Å²) in [6.07, 6.45) is 0. The highest BCUT2D eigenvalue weighted by atomic mass is 79.9. The van der Waals surface area contributed by atoms with Crippen molar-refractivity contribution in [2.45, 2.75) is 24.8 Å². The zero-order valence-corrected chi connectivity index (χ0v) is 14.4. The van der Waals surface area contributed by atoms with E-state index in [0.29, 0.717) is 5.69 Å². The molecular formula is C13H17BrN4O2S. The molecule has 2 rings (SSSR count). The number of benzene rings is 1. The number of aromatic nitrogens is 2. The Morgan fingerprint density at radius 1 is 1.33 bits per heavy atom. The number of hydrogen-bond donors (Lipinski definition) is 2. The van der Waals surface area contributed by atoms with Crippen LogP contribution in [0.4, 0.5) is 5.82 Å². The third-order valence-corrected chi connectivity index (χ3v) is 5.51. The Kier molecular flexibility index (Phi) is 4.40. The van der Waals surface area contributed by atoms with Crippen LogP contribution in [-0.4, -0.2) is 18.2 Å². The van der Waals surface area contributed by atoms with Gasteiger partial charge in [0.25, 0.3) is 0 Å². The van der Waals surface area contributed by atoms with Gasteiger partial charge >= 0.3 is 0 Å². The Bertz CT molecular complexity index is 753. The number of aryl methyl sites for hydroxylation is 1. The Balaban J connectivity index is 2.31. The van der Waals surface area contributed by atoms with E-state index >= 15 is 0 Å². The molecule has 21 heavy (non-hydrogen) atoms. The fourth-order valence-corrected chi connectivity index (χ4v) is 3.88. The summed E-state index contributed by atoms with van der Waals surface area (Å²) in [6, 6.07) is 7.07. The van der Waals surface area contributed by atoms with E-state index in [4.69, 9.17) is 5.73 Å². The van der Waals surface area contributed by atoms with E-state index in [1.54, 1.807) is 20.9 Å². The van der Waals surface area contributed by atoms with E-state index < -0.39 is 10.0 Å². The Morgan fingerprint density at radius 3 is 2.38 bits per heavy atom. The van der Waals surface area contributed by atoms with Crippen LogP contribution in [0.25, 0.3) is 0 Å². The van der Waals surface area contributed by atoms with Crippen LogP contribution in [0.15, 0.2) is 33.6 Å². The molecule has 114 valence electrons. The Labute approximate surface area is 132 Å². The van der Waals surface area contributed by atoms with Crippen LogP contribution in [0.3, 0.4) is 0 Å². The van der Waals surface area contributed by atoms with Gasteiger partial charge in [0.15, 0.2) is 5.82 Å². The second-order valence-electron chi connectivity index (χ2n) is 4.82. The standard InChI is InChI=1S/C13H17BrN4O2S/c1-8(10-4-6-11(14)7-5-10)17-21(19,20)12-9(2)18(3)16-13(12)15/h4-8,17H,1-3H3,(H2,15,16)/t8-/m1/s1. The molecule has 1 heterocycles. The summed E-state index contributed by atoms with van der Waals surface area (Å²) in [5.41, 5.74) is 7.07. The van der Waals surface area contributed by atoms with Crippen LogP contribution >= 0.6 is 15.9 Å². The highest BCUT2D eigenvalue weighted by Crippen LogP contribution is 2.24. The van der Waals surface area contributed by atoms with Crippen molar-refractivity contribution in [3.05, 3.63) is 40.0 Å². The molecule has 0 bridgehead atoms. The summed E-state index contributed by atoms with van der Waals surface area (Å²) in [7, 11) is -2.07. The van der Waals surface area contributed by atoms with Crippen molar-refractivity contribution in [1.29, 1.82) is 0 Å². The molecule has 0 amide bonds. The first-order chi connectivity index (χ1) is 9.72. The molecule has 2 aromatic rings. The second-order valence-corrected chi connectivity index (χ2v) is 7.38. The monoisotopic (exact) mass is 372 g/mol. The maximum absolute atomic E-state index is 12.5. The van der Waals surface area contributed by atoms with Crippen molar-refractivity contribution in [2.24, 2.45) is 7.05 Å². The van der Waals surface area contributed by atoms with Gasteiger partial charge in [-0.2, -0.15) is 5.10 Å².